The summed E-state index contributed by atoms with van der Waals surface area (Å²) in [6.07, 6.45) is 7.92. The first-order valence-corrected chi connectivity index (χ1v) is 7.94. The molecule has 0 aromatic carbocycles. The van der Waals surface area contributed by atoms with Crippen molar-refractivity contribution >= 4 is 11.9 Å². The number of carboxylic acid groups (broad SMARTS) is 1. The van der Waals surface area contributed by atoms with Crippen LogP contribution in [0.2, 0.25) is 0 Å². The first-order chi connectivity index (χ1) is 10.4. The number of unbranched alkanes of at least 4 members (excludes halogenated alkanes) is 3. The molecule has 5 nitrogen and oxygen atoms in total. The third kappa shape index (κ3) is 6.43. The number of rotatable bonds is 11. The largest absolute Gasteiger partial charge is 0.477 e. The predicted octanol–water partition coefficient (Wildman–Crippen LogP) is 2.45. The second-order valence-electron chi connectivity index (χ2n) is 6.50. The van der Waals surface area contributed by atoms with Crippen LogP contribution in [0.15, 0.2) is 24.4 Å². The van der Waals surface area contributed by atoms with E-state index in [1.54, 1.807) is 6.08 Å². The number of nitrogens with one attached hydrogen (secondary N) is 2. The molecule has 5 heteroatoms. The number of carbonyl (C=O) groups is 2. The summed E-state index contributed by atoms with van der Waals surface area (Å²) in [6, 6.07) is 0. The molecule has 1 fully saturated rings. The lowest BCUT2D eigenvalue weighted by Gasteiger charge is -2.07. The monoisotopic (exact) mass is 308 g/mol. The summed E-state index contributed by atoms with van der Waals surface area (Å²) in [5, 5.41) is 14.9. The third-order valence-corrected chi connectivity index (χ3v) is 4.01. The molecule has 0 spiro atoms. The Morgan fingerprint density at radius 1 is 1.32 bits per heavy atom. The Labute approximate surface area is 132 Å². The van der Waals surface area contributed by atoms with Gasteiger partial charge >= 0.3 is 5.97 Å². The Balaban J connectivity index is 2.26. The Morgan fingerprint density at radius 2 is 2.00 bits per heavy atom. The van der Waals surface area contributed by atoms with Crippen molar-refractivity contribution in [2.24, 2.45) is 11.3 Å². The predicted molar refractivity (Wildman–Crippen MR) is 87.3 cm³/mol. The summed E-state index contributed by atoms with van der Waals surface area (Å²) in [5.41, 5.74) is 0.0176. The van der Waals surface area contributed by atoms with Crippen molar-refractivity contribution in [3.8, 4) is 0 Å². The molecule has 0 aromatic rings. The van der Waals surface area contributed by atoms with Gasteiger partial charge in [-0.1, -0.05) is 32.4 Å². The quantitative estimate of drug-likeness (QED) is 0.311. The van der Waals surface area contributed by atoms with Gasteiger partial charge in [0.2, 0.25) is 5.91 Å². The smallest absolute Gasteiger partial charge is 0.352 e. The van der Waals surface area contributed by atoms with Gasteiger partial charge < -0.3 is 15.7 Å². The minimum Gasteiger partial charge on any atom is -0.477 e. The Hall–Kier alpha value is -1.62. The molecule has 0 heterocycles. The zero-order valence-corrected chi connectivity index (χ0v) is 13.7. The number of carbonyl (C=O) groups excluding carboxylic acids is 1. The lowest BCUT2D eigenvalue weighted by molar-refractivity contribution is -0.135. The van der Waals surface area contributed by atoms with Crippen LogP contribution in [-0.4, -0.2) is 30.1 Å². The summed E-state index contributed by atoms with van der Waals surface area (Å²) in [5.74, 6) is -1.31. The zero-order valence-electron chi connectivity index (χ0n) is 13.7. The molecule has 3 N–H and O–H groups in total. The number of hydrogen-bond acceptors (Lipinski definition) is 3. The molecule has 1 unspecified atom stereocenters. The fraction of sp³-hybridized carbons (Fsp3) is 0.647. The maximum Gasteiger partial charge on any atom is 0.352 e. The highest BCUT2D eigenvalue weighted by atomic mass is 16.4. The summed E-state index contributed by atoms with van der Waals surface area (Å²) in [7, 11) is 0. The van der Waals surface area contributed by atoms with Crippen LogP contribution in [0, 0.1) is 11.3 Å². The third-order valence-electron chi connectivity index (χ3n) is 4.01. The maximum absolute atomic E-state index is 11.9. The van der Waals surface area contributed by atoms with Gasteiger partial charge in [-0.05, 0) is 37.6 Å². The minimum atomic E-state index is -1.07. The van der Waals surface area contributed by atoms with Gasteiger partial charge in [0.15, 0.2) is 0 Å². The van der Waals surface area contributed by atoms with Crippen LogP contribution in [0.5, 0.6) is 0 Å². The van der Waals surface area contributed by atoms with Crippen molar-refractivity contribution in [3.63, 3.8) is 0 Å². The number of aliphatic carboxylic acids is 1. The van der Waals surface area contributed by atoms with Gasteiger partial charge in [0.05, 0.1) is 0 Å². The van der Waals surface area contributed by atoms with Gasteiger partial charge in [-0.2, -0.15) is 0 Å². The molecule has 1 aliphatic rings. The van der Waals surface area contributed by atoms with E-state index < -0.39 is 5.97 Å². The molecule has 0 aromatic heterocycles. The van der Waals surface area contributed by atoms with Crippen molar-refractivity contribution in [2.75, 3.05) is 13.1 Å². The molecule has 124 valence electrons. The molecule has 1 amide bonds. The molecule has 0 bridgehead atoms. The van der Waals surface area contributed by atoms with Crippen molar-refractivity contribution in [3.05, 3.63) is 24.4 Å². The molecule has 0 radical (unpaired) electrons. The average Bonchev–Trinajstić information content (AvgIpc) is 3.09. The molecule has 1 rings (SSSR count). The van der Waals surface area contributed by atoms with E-state index in [9.17, 15) is 9.59 Å². The van der Waals surface area contributed by atoms with Gasteiger partial charge in [-0.3, -0.25) is 4.79 Å². The highest BCUT2D eigenvalue weighted by Gasteiger charge is 2.50. The van der Waals surface area contributed by atoms with Gasteiger partial charge in [0.25, 0.3) is 0 Å². The molecule has 0 saturated heterocycles. The van der Waals surface area contributed by atoms with Gasteiger partial charge in [0.1, 0.15) is 5.70 Å². The van der Waals surface area contributed by atoms with Gasteiger partial charge in [0, 0.05) is 12.5 Å². The van der Waals surface area contributed by atoms with Gasteiger partial charge in [-0.25, -0.2) is 4.79 Å². The maximum atomic E-state index is 11.9. The SMILES string of the molecule is C=CCNCCCCCC=C(NC(=O)C1CC1(C)C)C(=O)O. The Morgan fingerprint density at radius 3 is 2.55 bits per heavy atom. The molecule has 0 aliphatic heterocycles. The lowest BCUT2D eigenvalue weighted by atomic mass is 10.1. The minimum absolute atomic E-state index is 0.00609. The highest BCUT2D eigenvalue weighted by Crippen LogP contribution is 2.51. The van der Waals surface area contributed by atoms with E-state index in [-0.39, 0.29) is 22.9 Å². The van der Waals surface area contributed by atoms with Crippen LogP contribution in [0.25, 0.3) is 0 Å². The molecular formula is C17H28N2O3. The summed E-state index contributed by atoms with van der Waals surface area (Å²) in [4.78, 5) is 23.1. The van der Waals surface area contributed by atoms with E-state index in [1.807, 2.05) is 19.9 Å². The molecule has 1 atom stereocenters. The second-order valence-corrected chi connectivity index (χ2v) is 6.50. The Bertz CT molecular complexity index is 441. The first-order valence-electron chi connectivity index (χ1n) is 7.94. The fourth-order valence-corrected chi connectivity index (χ4v) is 2.35. The molecule has 1 aliphatic carbocycles. The van der Waals surface area contributed by atoms with E-state index in [0.29, 0.717) is 6.42 Å². The summed E-state index contributed by atoms with van der Waals surface area (Å²) in [6.45, 7) is 9.42. The van der Waals surface area contributed by atoms with Crippen LogP contribution in [0.3, 0.4) is 0 Å². The first kappa shape index (κ1) is 18.4. The van der Waals surface area contributed by atoms with Crippen molar-refractivity contribution < 1.29 is 14.7 Å². The highest BCUT2D eigenvalue weighted by molar-refractivity contribution is 5.94. The van der Waals surface area contributed by atoms with E-state index in [0.717, 1.165) is 38.8 Å². The van der Waals surface area contributed by atoms with Crippen LogP contribution in [0.4, 0.5) is 0 Å². The number of carboxylic acids is 1. The fourth-order valence-electron chi connectivity index (χ4n) is 2.35. The van der Waals surface area contributed by atoms with E-state index in [2.05, 4.69) is 17.2 Å². The van der Waals surface area contributed by atoms with Crippen LogP contribution in [-0.2, 0) is 9.59 Å². The molecular weight excluding hydrogens is 280 g/mol. The van der Waals surface area contributed by atoms with Crippen molar-refractivity contribution in [2.45, 2.75) is 46.0 Å². The van der Waals surface area contributed by atoms with Crippen LogP contribution < -0.4 is 10.6 Å². The van der Waals surface area contributed by atoms with E-state index in [4.69, 9.17) is 5.11 Å². The number of amides is 1. The van der Waals surface area contributed by atoms with Crippen LogP contribution >= 0.6 is 0 Å². The standard InChI is InChI=1S/C17H28N2O3/c1-4-10-18-11-8-6-5-7-9-14(16(21)22)19-15(20)13-12-17(13,2)3/h4,9,13,18H,1,5-8,10-12H2,2-3H3,(H,19,20)(H,21,22). The van der Waals surface area contributed by atoms with Crippen molar-refractivity contribution in [1.29, 1.82) is 0 Å². The van der Waals surface area contributed by atoms with E-state index in [1.165, 1.54) is 0 Å². The average molecular weight is 308 g/mol. The van der Waals surface area contributed by atoms with Crippen LogP contribution in [0.1, 0.15) is 46.0 Å². The molecule has 22 heavy (non-hydrogen) atoms. The topological polar surface area (TPSA) is 78.4 Å². The van der Waals surface area contributed by atoms with Crippen molar-refractivity contribution in [1.82, 2.24) is 10.6 Å². The molecule has 1 saturated carbocycles. The van der Waals surface area contributed by atoms with Gasteiger partial charge in [-0.15, -0.1) is 6.58 Å². The second kappa shape index (κ2) is 8.73. The number of allylic oxidation sites excluding steroid dienone is 1. The number of hydrogen-bond donors (Lipinski definition) is 3. The normalized spacial score (nSPS) is 19.5. The lowest BCUT2D eigenvalue weighted by Crippen LogP contribution is -2.29. The Kier molecular flexibility index (Phi) is 7.32. The zero-order chi connectivity index (χ0) is 16.6. The summed E-state index contributed by atoms with van der Waals surface area (Å²) >= 11 is 0. The summed E-state index contributed by atoms with van der Waals surface area (Å²) < 4.78 is 0. The van der Waals surface area contributed by atoms with E-state index >= 15 is 0 Å².